The second-order valence-electron chi connectivity index (χ2n) is 6.23. The fraction of sp³-hybridized carbons (Fsp3) is 0.350. The average molecular weight is 485 g/mol. The smallest absolute Gasteiger partial charge is 0.252 e. The van der Waals surface area contributed by atoms with Crippen LogP contribution in [-0.2, 0) is 14.8 Å². The quantitative estimate of drug-likeness (QED) is 0.504. The first-order valence-electron chi connectivity index (χ1n) is 9.10. The molecular formula is C20H25BrN2O5S. The van der Waals surface area contributed by atoms with Gasteiger partial charge in [-0.05, 0) is 65.7 Å². The minimum atomic E-state index is -3.74. The minimum Gasteiger partial charge on any atom is -0.494 e. The largest absolute Gasteiger partial charge is 0.494 e. The van der Waals surface area contributed by atoms with E-state index in [1.54, 1.807) is 6.07 Å². The van der Waals surface area contributed by atoms with Crippen molar-refractivity contribution in [3.05, 3.63) is 58.1 Å². The molecule has 29 heavy (non-hydrogen) atoms. The molecule has 0 aromatic heterocycles. The van der Waals surface area contributed by atoms with Gasteiger partial charge in [-0.3, -0.25) is 4.79 Å². The zero-order chi connectivity index (χ0) is 21.4. The lowest BCUT2D eigenvalue weighted by atomic mass is 10.1. The Morgan fingerprint density at radius 2 is 1.86 bits per heavy atom. The van der Waals surface area contributed by atoms with Crippen LogP contribution in [0.4, 0.5) is 0 Å². The van der Waals surface area contributed by atoms with Gasteiger partial charge in [-0.1, -0.05) is 12.1 Å². The zero-order valence-corrected chi connectivity index (χ0v) is 19.0. The second kappa shape index (κ2) is 10.7. The first kappa shape index (κ1) is 23.3. The molecule has 0 spiro atoms. The van der Waals surface area contributed by atoms with Gasteiger partial charge in [0.15, 0.2) is 0 Å². The first-order chi connectivity index (χ1) is 13.8. The highest BCUT2D eigenvalue weighted by molar-refractivity contribution is 9.10. The lowest BCUT2D eigenvalue weighted by Gasteiger charge is -2.16. The van der Waals surface area contributed by atoms with Gasteiger partial charge in [-0.25, -0.2) is 13.1 Å². The summed E-state index contributed by atoms with van der Waals surface area (Å²) in [5.41, 5.74) is 1.14. The number of methoxy groups -OCH3 is 1. The Balaban J connectivity index is 2.15. The monoisotopic (exact) mass is 484 g/mol. The Morgan fingerprint density at radius 3 is 2.48 bits per heavy atom. The van der Waals surface area contributed by atoms with Crippen molar-refractivity contribution >= 4 is 31.9 Å². The number of carbonyl (C=O) groups excluding carboxylic acids is 1. The van der Waals surface area contributed by atoms with Crippen molar-refractivity contribution in [2.45, 2.75) is 24.8 Å². The van der Waals surface area contributed by atoms with Crippen LogP contribution in [0, 0.1) is 0 Å². The SMILES string of the molecule is CCOc1ccc(C(C)NC(=O)c2cc(S(=O)(=O)NCCOC)ccc2Br)cc1. The summed E-state index contributed by atoms with van der Waals surface area (Å²) in [6.45, 7) is 4.75. The predicted molar refractivity (Wildman–Crippen MR) is 115 cm³/mol. The number of benzene rings is 2. The number of hydrogen-bond acceptors (Lipinski definition) is 5. The standard InChI is InChI=1S/C20H25BrN2O5S/c1-4-28-16-7-5-15(6-8-16)14(2)23-20(24)18-13-17(9-10-19(18)21)29(25,26)22-11-12-27-3/h5-10,13-14,22H,4,11-12H2,1-3H3,(H,23,24). The summed E-state index contributed by atoms with van der Waals surface area (Å²) in [6, 6.07) is 11.5. The van der Waals surface area contributed by atoms with E-state index in [1.165, 1.54) is 19.2 Å². The summed E-state index contributed by atoms with van der Waals surface area (Å²) in [7, 11) is -2.25. The van der Waals surface area contributed by atoms with Crippen molar-refractivity contribution in [3.8, 4) is 5.75 Å². The van der Waals surface area contributed by atoms with Crippen LogP contribution >= 0.6 is 15.9 Å². The maximum Gasteiger partial charge on any atom is 0.252 e. The summed E-state index contributed by atoms with van der Waals surface area (Å²) >= 11 is 3.32. The Bertz CT molecular complexity index is 932. The normalized spacial score (nSPS) is 12.4. The Kier molecular flexibility index (Phi) is 8.63. The van der Waals surface area contributed by atoms with E-state index >= 15 is 0 Å². The predicted octanol–water partition coefficient (Wildman–Crippen LogP) is 3.26. The van der Waals surface area contributed by atoms with Crippen molar-refractivity contribution in [2.75, 3.05) is 26.9 Å². The molecule has 9 heteroatoms. The molecule has 0 aliphatic heterocycles. The van der Waals surface area contributed by atoms with Gasteiger partial charge in [0.1, 0.15) is 5.75 Å². The van der Waals surface area contributed by atoms with Gasteiger partial charge in [0.25, 0.3) is 5.91 Å². The molecule has 0 saturated heterocycles. The summed E-state index contributed by atoms with van der Waals surface area (Å²) in [5.74, 6) is 0.378. The van der Waals surface area contributed by atoms with Gasteiger partial charge in [0.05, 0.1) is 29.7 Å². The molecule has 0 bridgehead atoms. The van der Waals surface area contributed by atoms with E-state index in [0.29, 0.717) is 11.1 Å². The number of nitrogens with one attached hydrogen (secondary N) is 2. The number of hydrogen-bond donors (Lipinski definition) is 2. The van der Waals surface area contributed by atoms with Crippen LogP contribution in [0.15, 0.2) is 51.8 Å². The molecule has 0 aliphatic carbocycles. The number of sulfonamides is 1. The molecule has 7 nitrogen and oxygen atoms in total. The molecular weight excluding hydrogens is 460 g/mol. The summed E-state index contributed by atoms with van der Waals surface area (Å²) in [4.78, 5) is 12.8. The number of rotatable bonds is 10. The third-order valence-corrected chi connectivity index (χ3v) is 6.28. The van der Waals surface area contributed by atoms with Crippen molar-refractivity contribution in [2.24, 2.45) is 0 Å². The number of ether oxygens (including phenoxy) is 2. The maximum atomic E-state index is 12.8. The fourth-order valence-electron chi connectivity index (χ4n) is 2.58. The molecule has 0 saturated carbocycles. The summed E-state index contributed by atoms with van der Waals surface area (Å²) < 4.78 is 38.0. The number of halogens is 1. The number of amides is 1. The molecule has 1 atom stereocenters. The Labute approximate surface area is 180 Å². The van der Waals surface area contributed by atoms with Crippen LogP contribution in [0.2, 0.25) is 0 Å². The summed E-state index contributed by atoms with van der Waals surface area (Å²) in [5, 5.41) is 2.89. The Morgan fingerprint density at radius 1 is 1.17 bits per heavy atom. The number of carbonyl (C=O) groups is 1. The average Bonchev–Trinajstić information content (AvgIpc) is 2.69. The van der Waals surface area contributed by atoms with Crippen LogP contribution in [0.1, 0.15) is 35.8 Å². The molecule has 2 aromatic rings. The highest BCUT2D eigenvalue weighted by atomic mass is 79.9. The molecule has 2 N–H and O–H groups in total. The highest BCUT2D eigenvalue weighted by Gasteiger charge is 2.19. The topological polar surface area (TPSA) is 93.7 Å². The highest BCUT2D eigenvalue weighted by Crippen LogP contribution is 2.23. The lowest BCUT2D eigenvalue weighted by molar-refractivity contribution is 0.0939. The lowest BCUT2D eigenvalue weighted by Crippen LogP contribution is -2.29. The fourth-order valence-corrected chi connectivity index (χ4v) is 4.05. The molecule has 0 fully saturated rings. The van der Waals surface area contributed by atoms with Crippen molar-refractivity contribution in [3.63, 3.8) is 0 Å². The second-order valence-corrected chi connectivity index (χ2v) is 8.85. The van der Waals surface area contributed by atoms with Crippen LogP contribution < -0.4 is 14.8 Å². The minimum absolute atomic E-state index is 0.00988. The third kappa shape index (κ3) is 6.53. The van der Waals surface area contributed by atoms with Crippen molar-refractivity contribution in [1.82, 2.24) is 10.0 Å². The third-order valence-electron chi connectivity index (χ3n) is 4.13. The van der Waals surface area contributed by atoms with Gasteiger partial charge in [0, 0.05) is 18.1 Å². The zero-order valence-electron chi connectivity index (χ0n) is 16.6. The first-order valence-corrected chi connectivity index (χ1v) is 11.4. The molecule has 0 radical (unpaired) electrons. The van der Waals surface area contributed by atoms with E-state index in [4.69, 9.17) is 9.47 Å². The Hall–Kier alpha value is -1.94. The van der Waals surface area contributed by atoms with Gasteiger partial charge in [-0.2, -0.15) is 0 Å². The maximum absolute atomic E-state index is 12.8. The van der Waals surface area contributed by atoms with Gasteiger partial charge in [-0.15, -0.1) is 0 Å². The van der Waals surface area contributed by atoms with Gasteiger partial charge in [0.2, 0.25) is 10.0 Å². The van der Waals surface area contributed by atoms with Crippen LogP contribution in [0.3, 0.4) is 0 Å². The van der Waals surface area contributed by atoms with E-state index in [-0.39, 0.29) is 35.6 Å². The molecule has 0 heterocycles. The van der Waals surface area contributed by atoms with E-state index in [9.17, 15) is 13.2 Å². The van der Waals surface area contributed by atoms with Crippen molar-refractivity contribution < 1.29 is 22.7 Å². The van der Waals surface area contributed by atoms with E-state index in [1.807, 2.05) is 38.1 Å². The summed E-state index contributed by atoms with van der Waals surface area (Å²) in [6.07, 6.45) is 0. The van der Waals surface area contributed by atoms with Crippen molar-refractivity contribution in [1.29, 1.82) is 0 Å². The molecule has 158 valence electrons. The van der Waals surface area contributed by atoms with Gasteiger partial charge >= 0.3 is 0 Å². The molecule has 2 rings (SSSR count). The van der Waals surface area contributed by atoms with E-state index in [0.717, 1.165) is 11.3 Å². The van der Waals surface area contributed by atoms with Crippen LogP contribution in [0.25, 0.3) is 0 Å². The van der Waals surface area contributed by atoms with E-state index in [2.05, 4.69) is 26.0 Å². The van der Waals surface area contributed by atoms with Crippen LogP contribution in [0.5, 0.6) is 5.75 Å². The van der Waals surface area contributed by atoms with Gasteiger partial charge < -0.3 is 14.8 Å². The molecule has 1 amide bonds. The van der Waals surface area contributed by atoms with E-state index < -0.39 is 10.0 Å². The molecule has 0 aliphatic rings. The molecule has 2 aromatic carbocycles. The molecule has 1 unspecified atom stereocenters. The van der Waals surface area contributed by atoms with Crippen LogP contribution in [-0.4, -0.2) is 41.2 Å².